The molecule has 1 aromatic carbocycles. The van der Waals surface area contributed by atoms with Crippen LogP contribution in [0.25, 0.3) is 0 Å². The number of nitrogens with one attached hydrogen (secondary N) is 2. The van der Waals surface area contributed by atoms with Crippen LogP contribution in [-0.4, -0.2) is 21.1 Å². The first-order valence-electron chi connectivity index (χ1n) is 6.03. The Morgan fingerprint density at radius 1 is 1.33 bits per heavy atom. The average Bonchev–Trinajstić information content (AvgIpc) is 2.48. The van der Waals surface area contributed by atoms with E-state index in [0.717, 1.165) is 6.07 Å². The van der Waals surface area contributed by atoms with Gasteiger partial charge in [-0.05, 0) is 24.4 Å². The number of nitrogens with zero attached hydrogens (tertiary/aromatic N) is 1. The summed E-state index contributed by atoms with van der Waals surface area (Å²) in [7, 11) is 0. The Kier molecular flexibility index (Phi) is 4.91. The molecule has 0 unspecified atom stereocenters. The van der Waals surface area contributed by atoms with Gasteiger partial charge in [-0.25, -0.2) is 4.39 Å². The number of aliphatic hydroxyl groups is 1. The van der Waals surface area contributed by atoms with E-state index in [0.29, 0.717) is 5.56 Å². The van der Waals surface area contributed by atoms with E-state index in [1.54, 1.807) is 30.3 Å². The van der Waals surface area contributed by atoms with Gasteiger partial charge in [-0.15, -0.1) is 0 Å². The van der Waals surface area contributed by atoms with E-state index in [2.05, 4.69) is 15.6 Å². The van der Waals surface area contributed by atoms with Gasteiger partial charge in [0.2, 0.25) is 0 Å². The molecule has 0 saturated carbocycles. The number of benzene rings is 1. The highest BCUT2D eigenvalue weighted by Crippen LogP contribution is 2.11. The Labute approximate surface area is 125 Å². The van der Waals surface area contributed by atoms with Crippen molar-refractivity contribution in [2.75, 3.05) is 5.32 Å². The second kappa shape index (κ2) is 6.87. The number of halogens is 1. The maximum atomic E-state index is 13.4. The number of aliphatic hydroxyl groups excluding tert-OH is 1. The average molecular weight is 305 g/mol. The number of aromatic nitrogens is 1. The third-order valence-electron chi connectivity index (χ3n) is 2.59. The molecule has 2 aromatic rings. The van der Waals surface area contributed by atoms with Crippen LogP contribution in [0, 0.1) is 5.82 Å². The summed E-state index contributed by atoms with van der Waals surface area (Å²) < 4.78 is 13.4. The van der Waals surface area contributed by atoms with Gasteiger partial charge in [0.15, 0.2) is 5.11 Å². The van der Waals surface area contributed by atoms with Crippen LogP contribution in [0.15, 0.2) is 42.6 Å². The van der Waals surface area contributed by atoms with Crippen LogP contribution < -0.4 is 10.6 Å². The molecule has 0 aliphatic heterocycles. The Morgan fingerprint density at radius 2 is 2.05 bits per heavy atom. The van der Waals surface area contributed by atoms with Crippen LogP contribution in [0.2, 0.25) is 0 Å². The van der Waals surface area contributed by atoms with E-state index in [1.165, 1.54) is 6.20 Å². The zero-order valence-corrected chi connectivity index (χ0v) is 11.7. The van der Waals surface area contributed by atoms with Gasteiger partial charge in [0, 0.05) is 11.6 Å². The number of rotatable bonds is 3. The monoisotopic (exact) mass is 305 g/mol. The molecule has 5 nitrogen and oxygen atoms in total. The molecular weight excluding hydrogens is 293 g/mol. The molecule has 0 aliphatic rings. The van der Waals surface area contributed by atoms with Gasteiger partial charge in [-0.3, -0.25) is 15.1 Å². The van der Waals surface area contributed by atoms with Crippen molar-refractivity contribution in [2.45, 2.75) is 6.61 Å². The van der Waals surface area contributed by atoms with Crippen molar-refractivity contribution in [1.29, 1.82) is 0 Å². The van der Waals surface area contributed by atoms with Gasteiger partial charge in [0.25, 0.3) is 5.91 Å². The lowest BCUT2D eigenvalue weighted by Gasteiger charge is -2.10. The van der Waals surface area contributed by atoms with E-state index in [-0.39, 0.29) is 22.4 Å². The van der Waals surface area contributed by atoms with Crippen LogP contribution in [0.3, 0.4) is 0 Å². The smallest absolute Gasteiger partial charge is 0.257 e. The summed E-state index contributed by atoms with van der Waals surface area (Å²) in [6.45, 7) is -0.485. The van der Waals surface area contributed by atoms with Crippen LogP contribution in [0.1, 0.15) is 16.1 Å². The lowest BCUT2D eigenvalue weighted by molar-refractivity contribution is 0.0977. The van der Waals surface area contributed by atoms with Gasteiger partial charge in [-0.1, -0.05) is 18.2 Å². The summed E-state index contributed by atoms with van der Waals surface area (Å²) in [5.74, 6) is -1.02. The predicted octanol–water partition coefficient (Wildman–Crippen LogP) is 1.84. The van der Waals surface area contributed by atoms with Crippen molar-refractivity contribution >= 4 is 28.9 Å². The fourth-order valence-corrected chi connectivity index (χ4v) is 1.79. The van der Waals surface area contributed by atoms with Crippen molar-refractivity contribution in [3.63, 3.8) is 0 Å². The molecule has 0 fully saturated rings. The second-order valence-corrected chi connectivity index (χ2v) is 4.49. The van der Waals surface area contributed by atoms with Crippen molar-refractivity contribution < 1.29 is 14.3 Å². The number of anilines is 1. The molecule has 0 bridgehead atoms. The SMILES string of the molecule is O=C(NC(=S)Nc1cnc(CO)c(F)c1)c1ccccc1. The van der Waals surface area contributed by atoms with Crippen LogP contribution in [0.4, 0.5) is 10.1 Å². The summed E-state index contributed by atoms with van der Waals surface area (Å²) in [6, 6.07) is 9.70. The van der Waals surface area contributed by atoms with Crippen molar-refractivity contribution in [1.82, 2.24) is 10.3 Å². The number of pyridine rings is 1. The zero-order valence-electron chi connectivity index (χ0n) is 10.8. The maximum Gasteiger partial charge on any atom is 0.257 e. The molecule has 21 heavy (non-hydrogen) atoms. The number of hydrogen-bond donors (Lipinski definition) is 3. The largest absolute Gasteiger partial charge is 0.390 e. The summed E-state index contributed by atoms with van der Waals surface area (Å²) in [5, 5.41) is 14.0. The van der Waals surface area contributed by atoms with Crippen molar-refractivity contribution in [3.05, 3.63) is 59.7 Å². The van der Waals surface area contributed by atoms with E-state index < -0.39 is 12.4 Å². The van der Waals surface area contributed by atoms with Gasteiger partial charge < -0.3 is 10.4 Å². The lowest BCUT2D eigenvalue weighted by Crippen LogP contribution is -2.34. The predicted molar refractivity (Wildman–Crippen MR) is 80.2 cm³/mol. The van der Waals surface area contributed by atoms with Crippen LogP contribution in [-0.2, 0) is 6.61 Å². The number of amides is 1. The molecule has 0 atom stereocenters. The molecule has 2 rings (SSSR count). The van der Waals surface area contributed by atoms with Crippen LogP contribution >= 0.6 is 12.2 Å². The molecule has 108 valence electrons. The minimum absolute atomic E-state index is 0.0294. The fraction of sp³-hybridized carbons (Fsp3) is 0.0714. The van der Waals surface area contributed by atoms with E-state index in [1.807, 2.05) is 0 Å². The Hall–Kier alpha value is -2.38. The fourth-order valence-electron chi connectivity index (χ4n) is 1.58. The minimum atomic E-state index is -0.653. The molecule has 1 aromatic heterocycles. The summed E-state index contributed by atoms with van der Waals surface area (Å²) in [4.78, 5) is 15.6. The van der Waals surface area contributed by atoms with E-state index >= 15 is 0 Å². The van der Waals surface area contributed by atoms with Crippen LogP contribution in [0.5, 0.6) is 0 Å². The number of carbonyl (C=O) groups is 1. The molecular formula is C14H12FN3O2S. The highest BCUT2D eigenvalue weighted by atomic mass is 32.1. The minimum Gasteiger partial charge on any atom is -0.390 e. The highest BCUT2D eigenvalue weighted by Gasteiger charge is 2.09. The molecule has 1 amide bonds. The first kappa shape index (κ1) is 15.0. The van der Waals surface area contributed by atoms with E-state index in [4.69, 9.17) is 17.3 Å². The zero-order chi connectivity index (χ0) is 15.2. The molecule has 1 heterocycles. The molecule has 0 saturated heterocycles. The van der Waals surface area contributed by atoms with Gasteiger partial charge in [0.1, 0.15) is 11.5 Å². The third-order valence-corrected chi connectivity index (χ3v) is 2.79. The number of hydrogen-bond acceptors (Lipinski definition) is 4. The summed E-state index contributed by atoms with van der Waals surface area (Å²) in [6.07, 6.45) is 1.32. The first-order valence-corrected chi connectivity index (χ1v) is 6.43. The topological polar surface area (TPSA) is 74.2 Å². The Morgan fingerprint density at radius 3 is 2.67 bits per heavy atom. The normalized spacial score (nSPS) is 10.0. The highest BCUT2D eigenvalue weighted by molar-refractivity contribution is 7.80. The summed E-state index contributed by atoms with van der Waals surface area (Å²) in [5.41, 5.74) is 0.685. The van der Waals surface area contributed by atoms with Gasteiger partial charge in [0.05, 0.1) is 18.5 Å². The van der Waals surface area contributed by atoms with Gasteiger partial charge in [-0.2, -0.15) is 0 Å². The molecule has 0 radical (unpaired) electrons. The van der Waals surface area contributed by atoms with E-state index in [9.17, 15) is 9.18 Å². The molecule has 7 heteroatoms. The Balaban J connectivity index is 1.99. The summed E-state index contributed by atoms with van der Waals surface area (Å²) >= 11 is 4.97. The van der Waals surface area contributed by atoms with Crippen molar-refractivity contribution in [3.8, 4) is 0 Å². The van der Waals surface area contributed by atoms with Crippen molar-refractivity contribution in [2.24, 2.45) is 0 Å². The molecule has 0 spiro atoms. The number of carbonyl (C=O) groups excluding carboxylic acids is 1. The number of thiocarbonyl (C=S) groups is 1. The molecule has 0 aliphatic carbocycles. The van der Waals surface area contributed by atoms with Gasteiger partial charge >= 0.3 is 0 Å². The second-order valence-electron chi connectivity index (χ2n) is 4.08. The quantitative estimate of drug-likeness (QED) is 0.755. The third kappa shape index (κ3) is 4.04. The Bertz CT molecular complexity index is 665. The molecule has 3 N–H and O–H groups in total. The standard InChI is InChI=1S/C14H12FN3O2S/c15-11-6-10(7-16-12(11)8-19)17-14(21)18-13(20)9-4-2-1-3-5-9/h1-7,19H,8H2,(H2,17,18,20,21). The first-order chi connectivity index (χ1) is 10.1. The maximum absolute atomic E-state index is 13.4. The lowest BCUT2D eigenvalue weighted by atomic mass is 10.2.